The van der Waals surface area contributed by atoms with Crippen molar-refractivity contribution < 1.29 is 22.7 Å². The Labute approximate surface area is 110 Å². The molecule has 0 atom stereocenters. The smallest absolute Gasteiger partial charge is 0.416 e. The molecule has 0 saturated heterocycles. The molecular formula is C11H11BrF3NO2. The third kappa shape index (κ3) is 4.95. The maximum Gasteiger partial charge on any atom is 0.416 e. The van der Waals surface area contributed by atoms with E-state index in [4.69, 9.17) is 4.74 Å². The van der Waals surface area contributed by atoms with Crippen LogP contribution in [0.4, 0.5) is 23.7 Å². The van der Waals surface area contributed by atoms with Gasteiger partial charge in [0.05, 0.1) is 12.2 Å². The summed E-state index contributed by atoms with van der Waals surface area (Å²) < 4.78 is 42.0. The van der Waals surface area contributed by atoms with E-state index in [-0.39, 0.29) is 12.3 Å². The second kappa shape index (κ2) is 6.63. The Kier molecular flexibility index (Phi) is 5.46. The van der Waals surface area contributed by atoms with Gasteiger partial charge >= 0.3 is 12.3 Å². The van der Waals surface area contributed by atoms with Gasteiger partial charge in [0.1, 0.15) is 0 Å². The van der Waals surface area contributed by atoms with Gasteiger partial charge in [0.15, 0.2) is 0 Å². The fourth-order valence-corrected chi connectivity index (χ4v) is 1.38. The zero-order chi connectivity index (χ0) is 13.6. The average Bonchev–Trinajstić information content (AvgIpc) is 2.28. The fraction of sp³-hybridized carbons (Fsp3) is 0.364. The fourth-order valence-electron chi connectivity index (χ4n) is 1.15. The molecule has 100 valence electrons. The van der Waals surface area contributed by atoms with Gasteiger partial charge in [0.25, 0.3) is 0 Å². The first-order chi connectivity index (χ1) is 8.43. The molecule has 0 aliphatic heterocycles. The lowest BCUT2D eigenvalue weighted by molar-refractivity contribution is -0.137. The molecule has 3 nitrogen and oxygen atoms in total. The first-order valence-corrected chi connectivity index (χ1v) is 6.22. The molecule has 0 unspecified atom stereocenters. The van der Waals surface area contributed by atoms with Gasteiger partial charge in [-0.3, -0.25) is 5.32 Å². The molecule has 1 N–H and O–H groups in total. The van der Waals surface area contributed by atoms with E-state index in [2.05, 4.69) is 21.2 Å². The molecule has 1 aromatic carbocycles. The van der Waals surface area contributed by atoms with Gasteiger partial charge in [-0.2, -0.15) is 13.2 Å². The number of amides is 1. The van der Waals surface area contributed by atoms with Gasteiger partial charge in [0.2, 0.25) is 0 Å². The van der Waals surface area contributed by atoms with E-state index in [0.717, 1.165) is 12.1 Å². The van der Waals surface area contributed by atoms with Crippen molar-refractivity contribution in [1.82, 2.24) is 0 Å². The van der Waals surface area contributed by atoms with Crippen molar-refractivity contribution in [2.24, 2.45) is 0 Å². The Morgan fingerprint density at radius 1 is 1.39 bits per heavy atom. The predicted octanol–water partition coefficient (Wildman–Crippen LogP) is 4.04. The van der Waals surface area contributed by atoms with Crippen LogP contribution in [0.15, 0.2) is 24.3 Å². The number of anilines is 1. The van der Waals surface area contributed by atoms with Gasteiger partial charge in [-0.15, -0.1) is 0 Å². The lowest BCUT2D eigenvalue weighted by Gasteiger charge is -2.10. The maximum absolute atomic E-state index is 12.4. The van der Waals surface area contributed by atoms with Gasteiger partial charge in [-0.25, -0.2) is 4.79 Å². The minimum absolute atomic E-state index is 0.0497. The minimum Gasteiger partial charge on any atom is -0.449 e. The number of carbonyl (C=O) groups excluding carboxylic acids is 1. The zero-order valence-electron chi connectivity index (χ0n) is 9.26. The Morgan fingerprint density at radius 3 is 2.72 bits per heavy atom. The molecule has 0 spiro atoms. The highest BCUT2D eigenvalue weighted by molar-refractivity contribution is 9.09. The molecule has 1 rings (SSSR count). The topological polar surface area (TPSA) is 38.3 Å². The second-order valence-corrected chi connectivity index (χ2v) is 4.18. The van der Waals surface area contributed by atoms with Crippen LogP contribution in [0, 0.1) is 0 Å². The van der Waals surface area contributed by atoms with Crippen LogP contribution in [0.5, 0.6) is 0 Å². The Balaban J connectivity index is 2.60. The molecule has 0 aliphatic carbocycles. The molecule has 1 amide bonds. The third-order valence-electron chi connectivity index (χ3n) is 1.95. The van der Waals surface area contributed by atoms with Gasteiger partial charge in [-0.05, 0) is 24.6 Å². The predicted molar refractivity (Wildman–Crippen MR) is 64.8 cm³/mol. The SMILES string of the molecule is O=C(Nc1cccc(C(F)(F)F)c1)OCCCBr. The standard InChI is InChI=1S/C11H11BrF3NO2/c12-5-2-6-18-10(17)16-9-4-1-3-8(7-9)11(13,14)15/h1,3-4,7H,2,5-6H2,(H,16,17). The van der Waals surface area contributed by atoms with Crippen molar-refractivity contribution >= 4 is 27.7 Å². The molecule has 7 heteroatoms. The second-order valence-electron chi connectivity index (χ2n) is 3.38. The Morgan fingerprint density at radius 2 is 2.11 bits per heavy atom. The molecule has 0 aliphatic rings. The third-order valence-corrected chi connectivity index (χ3v) is 2.51. The molecule has 0 aromatic heterocycles. The molecule has 18 heavy (non-hydrogen) atoms. The summed E-state index contributed by atoms with van der Waals surface area (Å²) >= 11 is 3.16. The first kappa shape index (κ1) is 14.8. The number of hydrogen-bond donors (Lipinski definition) is 1. The summed E-state index contributed by atoms with van der Waals surface area (Å²) in [5, 5.41) is 2.92. The molecule has 0 bridgehead atoms. The Bertz CT molecular complexity index is 410. The summed E-state index contributed by atoms with van der Waals surface area (Å²) in [6.07, 6.45) is -4.57. The summed E-state index contributed by atoms with van der Waals surface area (Å²) in [5.74, 6) is 0. The van der Waals surface area contributed by atoms with Crippen molar-refractivity contribution in [3.63, 3.8) is 0 Å². The Hall–Kier alpha value is -1.24. The highest BCUT2D eigenvalue weighted by Gasteiger charge is 2.30. The number of carbonyl (C=O) groups is 1. The summed E-state index contributed by atoms with van der Waals surface area (Å²) in [5.41, 5.74) is -0.769. The van der Waals surface area contributed by atoms with Crippen LogP contribution >= 0.6 is 15.9 Å². The van der Waals surface area contributed by atoms with Crippen molar-refractivity contribution in [3.8, 4) is 0 Å². The summed E-state index contributed by atoms with van der Waals surface area (Å²) in [6, 6.07) is 4.37. The number of rotatable bonds is 4. The number of hydrogen-bond acceptors (Lipinski definition) is 2. The molecule has 0 heterocycles. The van der Waals surface area contributed by atoms with E-state index in [9.17, 15) is 18.0 Å². The minimum atomic E-state index is -4.43. The van der Waals surface area contributed by atoms with Crippen LogP contribution in [0.25, 0.3) is 0 Å². The van der Waals surface area contributed by atoms with Crippen molar-refractivity contribution in [2.75, 3.05) is 17.3 Å². The monoisotopic (exact) mass is 325 g/mol. The van der Waals surface area contributed by atoms with Gasteiger partial charge < -0.3 is 4.74 Å². The number of halogens is 4. The maximum atomic E-state index is 12.4. The zero-order valence-corrected chi connectivity index (χ0v) is 10.8. The number of nitrogens with one attached hydrogen (secondary N) is 1. The lowest BCUT2D eigenvalue weighted by atomic mass is 10.2. The van der Waals surface area contributed by atoms with Crippen LogP contribution in [-0.4, -0.2) is 18.0 Å². The normalized spacial score (nSPS) is 11.1. The summed E-state index contributed by atoms with van der Waals surface area (Å²) in [7, 11) is 0. The molecule has 0 radical (unpaired) electrons. The number of benzene rings is 1. The quantitative estimate of drug-likeness (QED) is 0.670. The van der Waals surface area contributed by atoms with Crippen LogP contribution in [0.2, 0.25) is 0 Å². The van der Waals surface area contributed by atoms with Gasteiger partial charge in [0, 0.05) is 11.0 Å². The molecule has 1 aromatic rings. The van der Waals surface area contributed by atoms with Gasteiger partial charge in [-0.1, -0.05) is 22.0 Å². The molecular weight excluding hydrogens is 315 g/mol. The van der Waals surface area contributed by atoms with Crippen molar-refractivity contribution in [1.29, 1.82) is 0 Å². The van der Waals surface area contributed by atoms with E-state index in [1.54, 1.807) is 0 Å². The van der Waals surface area contributed by atoms with E-state index in [1.807, 2.05) is 0 Å². The van der Waals surface area contributed by atoms with E-state index < -0.39 is 17.8 Å². The van der Waals surface area contributed by atoms with Crippen LogP contribution in [0.3, 0.4) is 0 Å². The van der Waals surface area contributed by atoms with Crippen LogP contribution < -0.4 is 5.32 Å². The van der Waals surface area contributed by atoms with Crippen molar-refractivity contribution in [3.05, 3.63) is 29.8 Å². The summed E-state index contributed by atoms with van der Waals surface area (Å²) in [6.45, 7) is 0.204. The highest BCUT2D eigenvalue weighted by atomic mass is 79.9. The lowest BCUT2D eigenvalue weighted by Crippen LogP contribution is -2.15. The number of alkyl halides is 4. The van der Waals surface area contributed by atoms with E-state index in [0.29, 0.717) is 11.8 Å². The largest absolute Gasteiger partial charge is 0.449 e. The number of ether oxygens (including phenoxy) is 1. The first-order valence-electron chi connectivity index (χ1n) is 5.10. The van der Waals surface area contributed by atoms with Crippen LogP contribution in [-0.2, 0) is 10.9 Å². The highest BCUT2D eigenvalue weighted by Crippen LogP contribution is 2.30. The van der Waals surface area contributed by atoms with E-state index in [1.165, 1.54) is 12.1 Å². The molecule has 0 fully saturated rings. The molecule has 0 saturated carbocycles. The van der Waals surface area contributed by atoms with Crippen molar-refractivity contribution in [2.45, 2.75) is 12.6 Å². The average molecular weight is 326 g/mol. The van der Waals surface area contributed by atoms with E-state index >= 15 is 0 Å². The summed E-state index contributed by atoms with van der Waals surface area (Å²) in [4.78, 5) is 11.2. The van der Waals surface area contributed by atoms with Crippen LogP contribution in [0.1, 0.15) is 12.0 Å².